The molecule has 214 valence electrons. The average molecular weight is 590 g/mol. The molecule has 0 aliphatic carbocycles. The van der Waals surface area contributed by atoms with Gasteiger partial charge in [0.05, 0.1) is 36.3 Å². The van der Waals surface area contributed by atoms with Crippen molar-refractivity contribution in [2.45, 2.75) is 59.1 Å². The smallest absolute Gasteiger partial charge is 0.391 e. The summed E-state index contributed by atoms with van der Waals surface area (Å²) in [5, 5.41) is 20.5. The molecule has 15 heteroatoms. The Labute approximate surface area is 229 Å². The van der Waals surface area contributed by atoms with Crippen molar-refractivity contribution in [1.82, 2.24) is 19.2 Å². The highest BCUT2D eigenvalue weighted by Crippen LogP contribution is 2.38. The van der Waals surface area contributed by atoms with E-state index >= 15 is 0 Å². The summed E-state index contributed by atoms with van der Waals surface area (Å²) in [4.78, 5) is 12.6. The Morgan fingerprint density at radius 2 is 1.85 bits per heavy atom. The summed E-state index contributed by atoms with van der Waals surface area (Å²) in [6.07, 6.45) is -3.08. The highest BCUT2D eigenvalue weighted by atomic mass is 32.2. The number of hydrogen-bond donors (Lipinski definition) is 3. The molecule has 0 unspecified atom stereocenters. The van der Waals surface area contributed by atoms with Gasteiger partial charge in [0.2, 0.25) is 16.0 Å². The summed E-state index contributed by atoms with van der Waals surface area (Å²) < 4.78 is 74.0. The van der Waals surface area contributed by atoms with Crippen molar-refractivity contribution in [1.29, 1.82) is 0 Å². The number of ether oxygens (including phenoxy) is 1. The number of hydrogen-bond acceptors (Lipinski definition) is 10. The van der Waals surface area contributed by atoms with Gasteiger partial charge in [-0.25, -0.2) is 18.4 Å². The van der Waals surface area contributed by atoms with Gasteiger partial charge in [-0.05, 0) is 25.5 Å². The Kier molecular flexibility index (Phi) is 7.63. The molecule has 3 saturated heterocycles. The quantitative estimate of drug-likeness (QED) is 0.428. The van der Waals surface area contributed by atoms with E-state index in [9.17, 15) is 31.8 Å². The third kappa shape index (κ3) is 5.25. The second kappa shape index (κ2) is 10.4. The zero-order valence-electron chi connectivity index (χ0n) is 21.1. The molecule has 0 spiro atoms. The van der Waals surface area contributed by atoms with Crippen LogP contribution in [0.3, 0.4) is 0 Å². The van der Waals surface area contributed by atoms with E-state index in [1.54, 1.807) is 23.1 Å². The monoisotopic (exact) mass is 589 g/mol. The third-order valence-corrected chi connectivity index (χ3v) is 10.3. The number of thiol groups is 1. The summed E-state index contributed by atoms with van der Waals surface area (Å²) in [5.74, 6) is 0.120. The molecule has 10 nitrogen and oxygen atoms in total. The molecule has 3 aliphatic rings. The van der Waals surface area contributed by atoms with Gasteiger partial charge in [-0.3, -0.25) is 4.90 Å². The lowest BCUT2D eigenvalue weighted by molar-refractivity contribution is -0.259. The van der Waals surface area contributed by atoms with Crippen LogP contribution >= 0.6 is 12.6 Å². The van der Waals surface area contributed by atoms with Crippen LogP contribution in [0.1, 0.15) is 18.9 Å². The Hall–Kier alpha value is -2.01. The number of piperazine rings is 1. The first kappa shape index (κ1) is 28.5. The molecule has 0 saturated carbocycles. The number of aliphatic hydroxyl groups excluding tert-OH is 1. The summed E-state index contributed by atoms with van der Waals surface area (Å²) in [7, 11) is -3.90. The highest BCUT2D eigenvalue weighted by Gasteiger charge is 2.52. The van der Waals surface area contributed by atoms with Crippen molar-refractivity contribution in [3.05, 3.63) is 42.2 Å². The summed E-state index contributed by atoms with van der Waals surface area (Å²) in [6, 6.07) is 5.63. The lowest BCUT2D eigenvalue weighted by atomic mass is 9.99. The van der Waals surface area contributed by atoms with Crippen LogP contribution in [-0.4, -0.2) is 108 Å². The zero-order chi connectivity index (χ0) is 28.2. The van der Waals surface area contributed by atoms with Gasteiger partial charge in [-0.15, -0.1) is 12.6 Å². The first-order valence-corrected chi connectivity index (χ1v) is 14.4. The number of sulfonamides is 1. The number of rotatable bonds is 6. The topological polar surface area (TPSA) is 119 Å². The molecule has 0 radical (unpaired) electrons. The second-order valence-electron chi connectivity index (χ2n) is 10.3. The number of fused-ring (bicyclic) bond motifs is 2. The number of morpholine rings is 1. The van der Waals surface area contributed by atoms with Gasteiger partial charge in [0.15, 0.2) is 5.60 Å². The average Bonchev–Trinajstić information content (AvgIpc) is 3.04. The molecule has 39 heavy (non-hydrogen) atoms. The number of aromatic nitrogens is 2. The summed E-state index contributed by atoms with van der Waals surface area (Å²) in [6.45, 7) is 2.10. The highest BCUT2D eigenvalue weighted by molar-refractivity contribution is 7.90. The Morgan fingerprint density at radius 3 is 2.49 bits per heavy atom. The fourth-order valence-electron chi connectivity index (χ4n) is 5.45. The van der Waals surface area contributed by atoms with E-state index in [1.165, 1.54) is 10.4 Å². The Morgan fingerprint density at radius 1 is 1.15 bits per heavy atom. The largest absolute Gasteiger partial charge is 0.421 e. The van der Waals surface area contributed by atoms with Crippen LogP contribution in [0.2, 0.25) is 0 Å². The minimum Gasteiger partial charge on any atom is -0.391 e. The SMILES string of the molecule is C[C@](O)(c1cnc(N2CCN(S(=O)(=O)c3ccccc3S)C[C@@H]2CN2[C@@H]3COC[C@H]2[C@@H](O)C3)nc1)C(F)(F)F. The van der Waals surface area contributed by atoms with E-state index in [2.05, 4.69) is 27.5 Å². The number of halogens is 3. The fraction of sp³-hybridized carbons (Fsp3) is 0.583. The van der Waals surface area contributed by atoms with E-state index in [1.807, 2.05) is 0 Å². The van der Waals surface area contributed by atoms with Crippen LogP contribution in [0.25, 0.3) is 0 Å². The minimum absolute atomic E-state index is 0.0454. The predicted octanol–water partition coefficient (Wildman–Crippen LogP) is 1.25. The molecule has 0 amide bonds. The number of benzene rings is 1. The molecule has 5 atom stereocenters. The summed E-state index contributed by atoms with van der Waals surface area (Å²) in [5.41, 5.74) is -3.63. The van der Waals surface area contributed by atoms with Crippen molar-refractivity contribution in [3.8, 4) is 0 Å². The standard InChI is InChI=1S/C24H30F3N5O5S2/c1-23(34,24(25,26)27)15-9-28-22(29-10-15)31-7-6-30(39(35,36)21-5-3-2-4-20(21)38)11-17(31)12-32-16-8-19(33)18(32)14-37-13-16/h2-5,9-10,16-19,33-34,38H,6-8,11-14H2,1H3/t16-,17+,18-,19-,23-/m0/s1. The molecule has 2 aromatic rings. The van der Waals surface area contributed by atoms with Gasteiger partial charge in [0, 0.05) is 55.1 Å². The van der Waals surface area contributed by atoms with Crippen molar-refractivity contribution in [3.63, 3.8) is 0 Å². The normalized spacial score (nSPS) is 28.4. The second-order valence-corrected chi connectivity index (χ2v) is 12.7. The van der Waals surface area contributed by atoms with Crippen molar-refractivity contribution >= 4 is 28.6 Å². The molecule has 3 aliphatic heterocycles. The molecule has 2 bridgehead atoms. The molecule has 1 aromatic heterocycles. The van der Waals surface area contributed by atoms with Crippen LogP contribution in [0.4, 0.5) is 19.1 Å². The minimum atomic E-state index is -4.92. The molecular formula is C24H30F3N5O5S2. The first-order valence-electron chi connectivity index (χ1n) is 12.5. The van der Waals surface area contributed by atoms with Gasteiger partial charge in [0.25, 0.3) is 0 Å². The van der Waals surface area contributed by atoms with Gasteiger partial charge in [0.1, 0.15) is 0 Å². The van der Waals surface area contributed by atoms with Crippen molar-refractivity contribution in [2.24, 2.45) is 0 Å². The van der Waals surface area contributed by atoms with E-state index < -0.39 is 39.5 Å². The van der Waals surface area contributed by atoms with Crippen molar-refractivity contribution in [2.75, 3.05) is 44.3 Å². The number of aliphatic hydroxyl groups is 2. The van der Waals surface area contributed by atoms with Gasteiger partial charge < -0.3 is 19.8 Å². The number of nitrogens with zero attached hydrogens (tertiary/aromatic N) is 5. The third-order valence-electron chi connectivity index (χ3n) is 7.81. The van der Waals surface area contributed by atoms with Crippen molar-refractivity contribution < 1.29 is 36.5 Å². The maximum absolute atomic E-state index is 13.6. The van der Waals surface area contributed by atoms with Crippen LogP contribution in [0.15, 0.2) is 46.5 Å². The van der Waals surface area contributed by atoms with E-state index in [4.69, 9.17) is 4.74 Å². The fourth-order valence-corrected chi connectivity index (χ4v) is 7.51. The number of alkyl halides is 3. The van der Waals surface area contributed by atoms with Crippen LogP contribution in [-0.2, 0) is 20.4 Å². The Balaban J connectivity index is 1.44. The molecule has 2 N–H and O–H groups in total. The lowest BCUT2D eigenvalue weighted by Crippen LogP contribution is -2.61. The maximum Gasteiger partial charge on any atom is 0.421 e. The van der Waals surface area contributed by atoms with E-state index in [-0.39, 0.29) is 42.6 Å². The van der Waals surface area contributed by atoms with Gasteiger partial charge in [-0.1, -0.05) is 12.1 Å². The maximum atomic E-state index is 13.6. The summed E-state index contributed by atoms with van der Waals surface area (Å²) >= 11 is 4.32. The van der Waals surface area contributed by atoms with Crippen LogP contribution in [0.5, 0.6) is 0 Å². The van der Waals surface area contributed by atoms with Crippen LogP contribution < -0.4 is 4.90 Å². The predicted molar refractivity (Wildman–Crippen MR) is 137 cm³/mol. The number of anilines is 1. The molecule has 3 fully saturated rings. The van der Waals surface area contributed by atoms with Gasteiger partial charge >= 0.3 is 6.18 Å². The molecule has 5 rings (SSSR count). The molecular weight excluding hydrogens is 559 g/mol. The van der Waals surface area contributed by atoms with E-state index in [0.29, 0.717) is 38.0 Å². The zero-order valence-corrected chi connectivity index (χ0v) is 22.8. The first-order chi connectivity index (χ1) is 18.3. The van der Waals surface area contributed by atoms with Crippen LogP contribution in [0, 0.1) is 0 Å². The van der Waals surface area contributed by atoms with Gasteiger partial charge in [-0.2, -0.15) is 17.5 Å². The molecule has 1 aromatic carbocycles. The lowest BCUT2D eigenvalue weighted by Gasteiger charge is -2.45. The molecule has 4 heterocycles. The van der Waals surface area contributed by atoms with E-state index in [0.717, 1.165) is 12.4 Å². The Bertz CT molecular complexity index is 1300.